The molecule has 0 aliphatic rings. The van der Waals surface area contributed by atoms with E-state index in [1.54, 1.807) is 0 Å². The molecule has 2 nitrogen and oxygen atoms in total. The highest BCUT2D eigenvalue weighted by Gasteiger charge is 2.11. The largest absolute Gasteiger partial charge is 0.379 e. The Morgan fingerprint density at radius 3 is 2.43 bits per heavy atom. The Bertz CT molecular complexity index is 524. The molecule has 0 aromatic heterocycles. The quantitative estimate of drug-likeness (QED) is 0.742. The van der Waals surface area contributed by atoms with Gasteiger partial charge in [-0.3, -0.25) is 0 Å². The summed E-state index contributed by atoms with van der Waals surface area (Å²) in [5, 5.41) is 3.34. The molecule has 1 N–H and O–H groups in total. The zero-order valence-corrected chi connectivity index (χ0v) is 13.0. The third kappa shape index (κ3) is 5.00. The van der Waals surface area contributed by atoms with Gasteiger partial charge in [-0.25, -0.2) is 0 Å². The highest BCUT2D eigenvalue weighted by Crippen LogP contribution is 2.17. The molecule has 2 rings (SSSR count). The van der Waals surface area contributed by atoms with Crippen molar-refractivity contribution in [2.45, 2.75) is 25.8 Å². The highest BCUT2D eigenvalue weighted by molar-refractivity contribution is 5.28. The number of hydrogen-bond donors (Lipinski definition) is 1. The van der Waals surface area contributed by atoms with Crippen molar-refractivity contribution in [2.75, 3.05) is 20.3 Å². The number of aryl methyl sites for hydroxylation is 2. The SMILES string of the molecule is CNC(COCCCc1ccccc1)c1ccccc1C. The van der Waals surface area contributed by atoms with Gasteiger partial charge in [0.2, 0.25) is 0 Å². The molecule has 0 radical (unpaired) electrons. The summed E-state index contributed by atoms with van der Waals surface area (Å²) in [6.45, 7) is 3.67. The van der Waals surface area contributed by atoms with Crippen LogP contribution < -0.4 is 5.32 Å². The summed E-state index contributed by atoms with van der Waals surface area (Å²) in [4.78, 5) is 0. The first kappa shape index (κ1) is 15.7. The lowest BCUT2D eigenvalue weighted by Gasteiger charge is -2.19. The van der Waals surface area contributed by atoms with E-state index >= 15 is 0 Å². The maximum atomic E-state index is 5.86. The van der Waals surface area contributed by atoms with Gasteiger partial charge < -0.3 is 10.1 Å². The third-order valence-corrected chi connectivity index (χ3v) is 3.79. The van der Waals surface area contributed by atoms with Crippen molar-refractivity contribution in [1.29, 1.82) is 0 Å². The first-order valence-corrected chi connectivity index (χ1v) is 7.65. The van der Waals surface area contributed by atoms with Crippen molar-refractivity contribution in [3.63, 3.8) is 0 Å². The Labute approximate surface area is 128 Å². The van der Waals surface area contributed by atoms with Crippen LogP contribution in [-0.2, 0) is 11.2 Å². The average Bonchev–Trinajstić information content (AvgIpc) is 2.53. The van der Waals surface area contributed by atoms with E-state index < -0.39 is 0 Å². The number of likely N-dealkylation sites (N-methyl/N-ethyl adjacent to an activating group) is 1. The summed E-state index contributed by atoms with van der Waals surface area (Å²) >= 11 is 0. The molecule has 0 amide bonds. The van der Waals surface area contributed by atoms with E-state index in [0.29, 0.717) is 0 Å². The maximum absolute atomic E-state index is 5.86. The minimum atomic E-state index is 0.267. The Morgan fingerprint density at radius 1 is 1.00 bits per heavy atom. The monoisotopic (exact) mass is 283 g/mol. The van der Waals surface area contributed by atoms with Gasteiger partial charge in [0, 0.05) is 6.61 Å². The number of benzene rings is 2. The third-order valence-electron chi connectivity index (χ3n) is 3.79. The van der Waals surface area contributed by atoms with Gasteiger partial charge in [-0.05, 0) is 43.5 Å². The predicted octanol–water partition coefficient (Wildman–Crippen LogP) is 3.90. The lowest BCUT2D eigenvalue weighted by molar-refractivity contribution is 0.111. The topological polar surface area (TPSA) is 21.3 Å². The molecule has 0 fully saturated rings. The molecule has 0 saturated heterocycles. The number of nitrogens with one attached hydrogen (secondary N) is 1. The molecule has 0 aliphatic carbocycles. The summed E-state index contributed by atoms with van der Waals surface area (Å²) < 4.78 is 5.86. The molecule has 1 unspecified atom stereocenters. The van der Waals surface area contributed by atoms with Gasteiger partial charge in [0.1, 0.15) is 0 Å². The zero-order valence-electron chi connectivity index (χ0n) is 13.0. The summed E-state index contributed by atoms with van der Waals surface area (Å²) in [5.41, 5.74) is 4.01. The van der Waals surface area contributed by atoms with E-state index in [1.165, 1.54) is 16.7 Å². The van der Waals surface area contributed by atoms with Gasteiger partial charge in [-0.1, -0.05) is 54.6 Å². The predicted molar refractivity (Wildman–Crippen MR) is 88.6 cm³/mol. The second kappa shape index (κ2) is 8.60. The van der Waals surface area contributed by atoms with Crippen molar-refractivity contribution >= 4 is 0 Å². The van der Waals surface area contributed by atoms with Crippen molar-refractivity contribution in [1.82, 2.24) is 5.32 Å². The summed E-state index contributed by atoms with van der Waals surface area (Å²) in [7, 11) is 1.99. The van der Waals surface area contributed by atoms with Crippen molar-refractivity contribution in [2.24, 2.45) is 0 Å². The highest BCUT2D eigenvalue weighted by atomic mass is 16.5. The van der Waals surface area contributed by atoms with Gasteiger partial charge in [0.15, 0.2) is 0 Å². The molecule has 0 saturated carbocycles. The molecular formula is C19H25NO. The van der Waals surface area contributed by atoms with Crippen LogP contribution in [0.1, 0.15) is 29.2 Å². The minimum absolute atomic E-state index is 0.267. The standard InChI is InChI=1S/C19H25NO/c1-16-9-6-7-13-18(16)19(20-2)15-21-14-8-12-17-10-4-3-5-11-17/h3-7,9-11,13,19-20H,8,12,14-15H2,1-2H3. The molecule has 2 heteroatoms. The maximum Gasteiger partial charge on any atom is 0.0661 e. The van der Waals surface area contributed by atoms with Gasteiger partial charge in [0.05, 0.1) is 12.6 Å². The molecule has 2 aromatic rings. The van der Waals surface area contributed by atoms with E-state index in [2.05, 4.69) is 66.8 Å². The summed E-state index contributed by atoms with van der Waals surface area (Å²) in [6, 6.07) is 19.3. The summed E-state index contributed by atoms with van der Waals surface area (Å²) in [6.07, 6.45) is 2.14. The Morgan fingerprint density at radius 2 is 1.71 bits per heavy atom. The van der Waals surface area contributed by atoms with E-state index in [1.807, 2.05) is 7.05 Å². The molecule has 2 aromatic carbocycles. The zero-order chi connectivity index (χ0) is 14.9. The second-order valence-corrected chi connectivity index (χ2v) is 5.36. The first-order chi connectivity index (χ1) is 10.3. The lowest BCUT2D eigenvalue weighted by atomic mass is 10.0. The van der Waals surface area contributed by atoms with Crippen molar-refractivity contribution in [3.05, 3.63) is 71.3 Å². The first-order valence-electron chi connectivity index (χ1n) is 7.65. The van der Waals surface area contributed by atoms with Crippen LogP contribution in [0.4, 0.5) is 0 Å². The fraction of sp³-hybridized carbons (Fsp3) is 0.368. The van der Waals surface area contributed by atoms with Crippen LogP contribution >= 0.6 is 0 Å². The van der Waals surface area contributed by atoms with E-state index in [0.717, 1.165) is 26.1 Å². The molecule has 112 valence electrons. The number of rotatable bonds is 8. The molecule has 0 aliphatic heterocycles. The molecule has 0 heterocycles. The van der Waals surface area contributed by atoms with Crippen molar-refractivity contribution in [3.8, 4) is 0 Å². The Hall–Kier alpha value is -1.64. The normalized spacial score (nSPS) is 12.3. The lowest BCUT2D eigenvalue weighted by Crippen LogP contribution is -2.23. The summed E-state index contributed by atoms with van der Waals surface area (Å²) in [5.74, 6) is 0. The van der Waals surface area contributed by atoms with Crippen LogP contribution in [0.25, 0.3) is 0 Å². The van der Waals surface area contributed by atoms with Crippen molar-refractivity contribution < 1.29 is 4.74 Å². The van der Waals surface area contributed by atoms with E-state index in [9.17, 15) is 0 Å². The molecular weight excluding hydrogens is 258 g/mol. The van der Waals surface area contributed by atoms with Gasteiger partial charge in [-0.2, -0.15) is 0 Å². The second-order valence-electron chi connectivity index (χ2n) is 5.36. The average molecular weight is 283 g/mol. The van der Waals surface area contributed by atoms with Crippen LogP contribution in [0.3, 0.4) is 0 Å². The molecule has 0 bridgehead atoms. The van der Waals surface area contributed by atoms with Crippen LogP contribution in [0.15, 0.2) is 54.6 Å². The van der Waals surface area contributed by atoms with Gasteiger partial charge >= 0.3 is 0 Å². The Kier molecular flexibility index (Phi) is 6.45. The van der Waals surface area contributed by atoms with Gasteiger partial charge in [-0.15, -0.1) is 0 Å². The molecule has 0 spiro atoms. The fourth-order valence-electron chi connectivity index (χ4n) is 2.53. The Balaban J connectivity index is 1.73. The minimum Gasteiger partial charge on any atom is -0.379 e. The van der Waals surface area contributed by atoms with E-state index in [4.69, 9.17) is 4.74 Å². The van der Waals surface area contributed by atoms with Crippen LogP contribution in [0.2, 0.25) is 0 Å². The van der Waals surface area contributed by atoms with Gasteiger partial charge in [0.25, 0.3) is 0 Å². The van der Waals surface area contributed by atoms with E-state index in [-0.39, 0.29) is 6.04 Å². The molecule has 1 atom stereocenters. The smallest absolute Gasteiger partial charge is 0.0661 e. The number of ether oxygens (including phenoxy) is 1. The fourth-order valence-corrected chi connectivity index (χ4v) is 2.53. The van der Waals surface area contributed by atoms with Crippen LogP contribution in [0, 0.1) is 6.92 Å². The number of hydrogen-bond acceptors (Lipinski definition) is 2. The molecule has 21 heavy (non-hydrogen) atoms. The van der Waals surface area contributed by atoms with Crippen LogP contribution in [0.5, 0.6) is 0 Å². The van der Waals surface area contributed by atoms with Crippen LogP contribution in [-0.4, -0.2) is 20.3 Å².